The lowest BCUT2D eigenvalue weighted by Gasteiger charge is -2.26. The molecule has 53 heavy (non-hydrogen) atoms. The van der Waals surface area contributed by atoms with Gasteiger partial charge in [0.1, 0.15) is 11.1 Å². The van der Waals surface area contributed by atoms with Crippen LogP contribution in [0.4, 0.5) is 17.1 Å². The van der Waals surface area contributed by atoms with Crippen molar-refractivity contribution in [1.82, 2.24) is 9.55 Å². The van der Waals surface area contributed by atoms with E-state index in [1.807, 2.05) is 36.5 Å². The number of aromatic nitrogens is 2. The molecule has 0 amide bonds. The molecule has 0 N–H and O–H groups in total. The van der Waals surface area contributed by atoms with Crippen LogP contribution in [-0.2, 0) is 0 Å². The van der Waals surface area contributed by atoms with Crippen LogP contribution >= 0.6 is 0 Å². The van der Waals surface area contributed by atoms with Gasteiger partial charge in [-0.25, -0.2) is 0 Å². The summed E-state index contributed by atoms with van der Waals surface area (Å²) >= 11 is 0. The summed E-state index contributed by atoms with van der Waals surface area (Å²) in [6, 6.07) is 68.4. The van der Waals surface area contributed by atoms with Crippen molar-refractivity contribution in [2.45, 2.75) is 0 Å². The molecule has 4 heteroatoms. The third kappa shape index (κ3) is 5.45. The van der Waals surface area contributed by atoms with E-state index >= 15 is 0 Å². The molecule has 0 fully saturated rings. The van der Waals surface area contributed by atoms with E-state index in [1.165, 1.54) is 11.1 Å². The molecule has 0 radical (unpaired) electrons. The van der Waals surface area contributed by atoms with Gasteiger partial charge in [-0.05, 0) is 107 Å². The molecule has 7 aromatic carbocycles. The second kappa shape index (κ2) is 12.9. The SMILES string of the molecule is c1ccc(-c2ccc(N(c3ccc(-c4ccccn4)cc3)c3cccc(-c4ccc(-n5c6ccccc6c6oc7ccccc7c65)cc4)c3)cc2)cc1. The van der Waals surface area contributed by atoms with Gasteiger partial charge < -0.3 is 13.9 Å². The van der Waals surface area contributed by atoms with Crippen molar-refractivity contribution in [3.63, 3.8) is 0 Å². The number of para-hydroxylation sites is 2. The highest BCUT2D eigenvalue weighted by molar-refractivity contribution is 6.16. The number of rotatable bonds is 7. The first-order chi connectivity index (χ1) is 26.3. The molecule has 0 aliphatic carbocycles. The van der Waals surface area contributed by atoms with Gasteiger partial charge in [0.25, 0.3) is 0 Å². The Bertz CT molecular complexity index is 2760. The van der Waals surface area contributed by atoms with E-state index in [1.54, 1.807) is 0 Å². The molecule has 0 aliphatic rings. The largest absolute Gasteiger partial charge is 0.454 e. The molecule has 0 unspecified atom stereocenters. The average Bonchev–Trinajstić information content (AvgIpc) is 3.77. The van der Waals surface area contributed by atoms with E-state index in [2.05, 4.69) is 178 Å². The Morgan fingerprint density at radius 2 is 1.04 bits per heavy atom. The van der Waals surface area contributed by atoms with E-state index in [0.717, 1.165) is 78.1 Å². The van der Waals surface area contributed by atoms with Crippen molar-refractivity contribution >= 4 is 50.0 Å². The Kier molecular flexibility index (Phi) is 7.43. The van der Waals surface area contributed by atoms with Gasteiger partial charge in [0.2, 0.25) is 0 Å². The van der Waals surface area contributed by atoms with E-state index in [9.17, 15) is 0 Å². The second-order valence-electron chi connectivity index (χ2n) is 13.2. The summed E-state index contributed by atoms with van der Waals surface area (Å²) in [6.07, 6.45) is 1.84. The minimum Gasteiger partial charge on any atom is -0.454 e. The summed E-state index contributed by atoms with van der Waals surface area (Å²) in [5.74, 6) is 0. The quantitative estimate of drug-likeness (QED) is 0.168. The van der Waals surface area contributed by atoms with Crippen LogP contribution in [0.15, 0.2) is 205 Å². The standard InChI is InChI=1S/C49H33N3O/c1-2-11-34(12-3-1)35-20-26-39(27-21-35)51(40-30-24-37(25-31-40)45-17-8-9-32-50-45)42-14-10-13-38(33-42)36-22-28-41(29-23-36)52-46-18-6-4-15-43(46)49-48(52)44-16-5-7-19-47(44)53-49/h1-33H. The number of furan rings is 1. The van der Waals surface area contributed by atoms with Gasteiger partial charge in [-0.3, -0.25) is 4.98 Å². The summed E-state index contributed by atoms with van der Waals surface area (Å²) in [6.45, 7) is 0. The fourth-order valence-electron chi connectivity index (χ4n) is 7.51. The minimum absolute atomic E-state index is 0.899. The van der Waals surface area contributed by atoms with Crippen molar-refractivity contribution in [2.75, 3.05) is 4.90 Å². The van der Waals surface area contributed by atoms with E-state index in [4.69, 9.17) is 4.42 Å². The molecule has 10 rings (SSSR count). The summed E-state index contributed by atoms with van der Waals surface area (Å²) in [7, 11) is 0. The van der Waals surface area contributed by atoms with Crippen LogP contribution in [0.25, 0.3) is 72.2 Å². The lowest BCUT2D eigenvalue weighted by molar-refractivity contribution is 0.673. The van der Waals surface area contributed by atoms with Crippen LogP contribution in [0.2, 0.25) is 0 Å². The Morgan fingerprint density at radius 1 is 0.434 bits per heavy atom. The Morgan fingerprint density at radius 3 is 1.79 bits per heavy atom. The third-order valence-electron chi connectivity index (χ3n) is 10.1. The number of fused-ring (bicyclic) bond motifs is 5. The summed E-state index contributed by atoms with van der Waals surface area (Å²) in [4.78, 5) is 6.89. The minimum atomic E-state index is 0.899. The van der Waals surface area contributed by atoms with Gasteiger partial charge in [-0.2, -0.15) is 0 Å². The first-order valence-electron chi connectivity index (χ1n) is 17.9. The van der Waals surface area contributed by atoms with Gasteiger partial charge >= 0.3 is 0 Å². The number of pyridine rings is 1. The second-order valence-corrected chi connectivity index (χ2v) is 13.2. The van der Waals surface area contributed by atoms with E-state index in [0.29, 0.717) is 0 Å². The monoisotopic (exact) mass is 679 g/mol. The average molecular weight is 680 g/mol. The number of anilines is 3. The van der Waals surface area contributed by atoms with Crippen molar-refractivity contribution in [2.24, 2.45) is 0 Å². The highest BCUT2D eigenvalue weighted by atomic mass is 16.3. The normalized spacial score (nSPS) is 11.4. The van der Waals surface area contributed by atoms with E-state index < -0.39 is 0 Å². The zero-order chi connectivity index (χ0) is 35.1. The van der Waals surface area contributed by atoms with Crippen molar-refractivity contribution < 1.29 is 4.42 Å². The maximum atomic E-state index is 6.40. The predicted molar refractivity (Wildman–Crippen MR) is 219 cm³/mol. The van der Waals surface area contributed by atoms with Crippen LogP contribution < -0.4 is 4.90 Å². The summed E-state index contributed by atoms with van der Waals surface area (Å²) in [5.41, 5.74) is 15.1. The Balaban J connectivity index is 1.04. The van der Waals surface area contributed by atoms with Crippen LogP contribution in [0.5, 0.6) is 0 Å². The molecule has 250 valence electrons. The van der Waals surface area contributed by atoms with Crippen LogP contribution in [-0.4, -0.2) is 9.55 Å². The van der Waals surface area contributed by atoms with Crippen molar-refractivity contribution in [3.05, 3.63) is 200 Å². The van der Waals surface area contributed by atoms with Gasteiger partial charge in [0.05, 0.1) is 11.2 Å². The highest BCUT2D eigenvalue weighted by Gasteiger charge is 2.19. The maximum Gasteiger partial charge on any atom is 0.161 e. The van der Waals surface area contributed by atoms with Gasteiger partial charge in [-0.15, -0.1) is 0 Å². The van der Waals surface area contributed by atoms with Gasteiger partial charge in [0.15, 0.2) is 5.58 Å². The molecule has 0 saturated carbocycles. The predicted octanol–water partition coefficient (Wildman–Crippen LogP) is 13.4. The van der Waals surface area contributed by atoms with Crippen LogP contribution in [0, 0.1) is 0 Å². The molecule has 3 aromatic heterocycles. The molecule has 10 aromatic rings. The molecule has 0 saturated heterocycles. The van der Waals surface area contributed by atoms with Gasteiger partial charge in [-0.1, -0.05) is 109 Å². The van der Waals surface area contributed by atoms with Crippen LogP contribution in [0.1, 0.15) is 0 Å². The Labute approximate surface area is 307 Å². The maximum absolute atomic E-state index is 6.40. The molecular weight excluding hydrogens is 647 g/mol. The fraction of sp³-hybridized carbons (Fsp3) is 0. The van der Waals surface area contributed by atoms with Crippen molar-refractivity contribution in [1.29, 1.82) is 0 Å². The smallest absolute Gasteiger partial charge is 0.161 e. The summed E-state index contributed by atoms with van der Waals surface area (Å²) < 4.78 is 8.72. The number of benzene rings is 7. The zero-order valence-electron chi connectivity index (χ0n) is 28.8. The van der Waals surface area contributed by atoms with Crippen molar-refractivity contribution in [3.8, 4) is 39.2 Å². The topological polar surface area (TPSA) is 34.2 Å². The van der Waals surface area contributed by atoms with Crippen LogP contribution in [0.3, 0.4) is 0 Å². The molecular formula is C49H33N3O. The first-order valence-corrected chi connectivity index (χ1v) is 17.9. The third-order valence-corrected chi connectivity index (χ3v) is 10.1. The number of nitrogens with zero attached hydrogens (tertiary/aromatic N) is 3. The zero-order valence-corrected chi connectivity index (χ0v) is 28.8. The number of hydrogen-bond acceptors (Lipinski definition) is 3. The molecule has 0 bridgehead atoms. The Hall–Kier alpha value is -7.17. The molecule has 4 nitrogen and oxygen atoms in total. The lowest BCUT2D eigenvalue weighted by Crippen LogP contribution is -2.10. The molecule has 0 spiro atoms. The first kappa shape index (κ1) is 30.6. The van der Waals surface area contributed by atoms with Gasteiger partial charge in [0, 0.05) is 45.3 Å². The van der Waals surface area contributed by atoms with E-state index in [-0.39, 0.29) is 0 Å². The number of hydrogen-bond donors (Lipinski definition) is 0. The fourth-order valence-corrected chi connectivity index (χ4v) is 7.51. The molecule has 3 heterocycles. The lowest BCUT2D eigenvalue weighted by atomic mass is 10.0. The molecule has 0 atom stereocenters. The summed E-state index contributed by atoms with van der Waals surface area (Å²) in [5, 5.41) is 2.22. The molecule has 0 aliphatic heterocycles. The highest BCUT2D eigenvalue weighted by Crippen LogP contribution is 2.41.